The summed E-state index contributed by atoms with van der Waals surface area (Å²) in [6, 6.07) is 1.69. The second kappa shape index (κ2) is 8.40. The fraction of sp³-hybridized carbons (Fsp3) is 0.583. The molecule has 0 spiro atoms. The zero-order valence-corrected chi connectivity index (χ0v) is 12.2. The van der Waals surface area contributed by atoms with Gasteiger partial charge in [0, 0.05) is 19.7 Å². The maximum absolute atomic E-state index is 6.07. The molecule has 0 aliphatic carbocycles. The van der Waals surface area contributed by atoms with Crippen molar-refractivity contribution in [2.45, 2.75) is 20.3 Å². The summed E-state index contributed by atoms with van der Waals surface area (Å²) < 4.78 is 5.24. The minimum Gasteiger partial charge on any atom is -0.380 e. The normalized spacial score (nSPS) is 10.4. The zero-order valence-electron chi connectivity index (χ0n) is 10.7. The Morgan fingerprint density at radius 3 is 2.28 bits per heavy atom. The molecule has 0 unspecified atom stereocenters. The lowest BCUT2D eigenvalue weighted by atomic mass is 10.4. The fourth-order valence-corrected chi connectivity index (χ4v) is 1.84. The summed E-state index contributed by atoms with van der Waals surface area (Å²) in [5.41, 5.74) is 0. The third-order valence-corrected chi connectivity index (χ3v) is 2.79. The van der Waals surface area contributed by atoms with Crippen molar-refractivity contribution in [3.05, 3.63) is 16.1 Å². The van der Waals surface area contributed by atoms with Crippen LogP contribution in [0.5, 0.6) is 0 Å². The molecular formula is C12H19Cl2N3O. The molecule has 0 amide bonds. The predicted molar refractivity (Wildman–Crippen MR) is 78.0 cm³/mol. The van der Waals surface area contributed by atoms with E-state index in [1.54, 1.807) is 6.07 Å². The van der Waals surface area contributed by atoms with Crippen LogP contribution in [-0.2, 0) is 4.74 Å². The topological polar surface area (TPSA) is 46.2 Å². The van der Waals surface area contributed by atoms with Gasteiger partial charge < -0.3 is 15.4 Å². The summed E-state index contributed by atoms with van der Waals surface area (Å²) in [5, 5.41) is 7.33. The molecule has 0 radical (unpaired) electrons. The third kappa shape index (κ3) is 4.88. The molecule has 2 N–H and O–H groups in total. The summed E-state index contributed by atoms with van der Waals surface area (Å²) in [4.78, 5) is 4.37. The van der Waals surface area contributed by atoms with Crippen LogP contribution in [0.15, 0.2) is 6.07 Å². The minimum atomic E-state index is 0.513. The molecule has 6 heteroatoms. The Bertz CT molecular complexity index is 375. The SMILES string of the molecule is CCCNc1nc(NCCOCC)c(Cl)cc1Cl. The molecule has 1 heterocycles. The van der Waals surface area contributed by atoms with Crippen molar-refractivity contribution < 1.29 is 4.74 Å². The summed E-state index contributed by atoms with van der Waals surface area (Å²) >= 11 is 12.1. The largest absolute Gasteiger partial charge is 0.380 e. The molecule has 0 atom stereocenters. The first kappa shape index (κ1) is 15.3. The Kier molecular flexibility index (Phi) is 7.16. The second-order valence-electron chi connectivity index (χ2n) is 3.70. The summed E-state index contributed by atoms with van der Waals surface area (Å²) in [7, 11) is 0. The lowest BCUT2D eigenvalue weighted by molar-refractivity contribution is 0.158. The number of ether oxygens (including phenoxy) is 1. The van der Waals surface area contributed by atoms with E-state index < -0.39 is 0 Å². The number of anilines is 2. The van der Waals surface area contributed by atoms with Gasteiger partial charge in [0.15, 0.2) is 0 Å². The quantitative estimate of drug-likeness (QED) is 0.718. The van der Waals surface area contributed by atoms with E-state index in [0.29, 0.717) is 41.4 Å². The van der Waals surface area contributed by atoms with E-state index in [1.807, 2.05) is 6.92 Å². The Morgan fingerprint density at radius 1 is 1.11 bits per heavy atom. The highest BCUT2D eigenvalue weighted by atomic mass is 35.5. The van der Waals surface area contributed by atoms with Crippen LogP contribution in [0.3, 0.4) is 0 Å². The number of aromatic nitrogens is 1. The van der Waals surface area contributed by atoms with Crippen LogP contribution < -0.4 is 10.6 Å². The van der Waals surface area contributed by atoms with E-state index in [-0.39, 0.29) is 0 Å². The van der Waals surface area contributed by atoms with Crippen molar-refractivity contribution in [3.63, 3.8) is 0 Å². The molecule has 4 nitrogen and oxygen atoms in total. The van der Waals surface area contributed by atoms with Gasteiger partial charge in [0.05, 0.1) is 16.7 Å². The minimum absolute atomic E-state index is 0.513. The van der Waals surface area contributed by atoms with Gasteiger partial charge in [0.2, 0.25) is 0 Å². The van der Waals surface area contributed by atoms with Crippen molar-refractivity contribution in [3.8, 4) is 0 Å². The highest BCUT2D eigenvalue weighted by Crippen LogP contribution is 2.28. The van der Waals surface area contributed by atoms with Crippen LogP contribution in [0.25, 0.3) is 0 Å². The monoisotopic (exact) mass is 291 g/mol. The lowest BCUT2D eigenvalue weighted by Crippen LogP contribution is -2.12. The van der Waals surface area contributed by atoms with Gasteiger partial charge in [-0.15, -0.1) is 0 Å². The molecule has 1 aromatic heterocycles. The second-order valence-corrected chi connectivity index (χ2v) is 4.51. The van der Waals surface area contributed by atoms with E-state index in [2.05, 4.69) is 22.5 Å². The van der Waals surface area contributed by atoms with E-state index >= 15 is 0 Å². The molecule has 1 rings (SSSR count). The lowest BCUT2D eigenvalue weighted by Gasteiger charge is -2.12. The maximum atomic E-state index is 6.07. The Hall–Kier alpha value is -0.710. The molecule has 0 aromatic carbocycles. The van der Waals surface area contributed by atoms with E-state index in [9.17, 15) is 0 Å². The molecule has 0 saturated carbocycles. The van der Waals surface area contributed by atoms with Crippen LogP contribution in [0.2, 0.25) is 10.0 Å². The van der Waals surface area contributed by atoms with Crippen molar-refractivity contribution in [2.24, 2.45) is 0 Å². The van der Waals surface area contributed by atoms with Gasteiger partial charge in [-0.25, -0.2) is 4.98 Å². The highest BCUT2D eigenvalue weighted by Gasteiger charge is 2.08. The van der Waals surface area contributed by atoms with Gasteiger partial charge in [0.1, 0.15) is 11.6 Å². The first-order chi connectivity index (χ1) is 8.69. The van der Waals surface area contributed by atoms with Crippen LogP contribution in [0, 0.1) is 0 Å². The maximum Gasteiger partial charge on any atom is 0.147 e. The molecule has 102 valence electrons. The third-order valence-electron chi connectivity index (χ3n) is 2.21. The van der Waals surface area contributed by atoms with Crippen molar-refractivity contribution in [2.75, 3.05) is 36.9 Å². The first-order valence-electron chi connectivity index (χ1n) is 6.10. The molecule has 18 heavy (non-hydrogen) atoms. The van der Waals surface area contributed by atoms with Crippen LogP contribution in [0.1, 0.15) is 20.3 Å². The Labute approximate surface area is 118 Å². The molecular weight excluding hydrogens is 273 g/mol. The first-order valence-corrected chi connectivity index (χ1v) is 6.86. The summed E-state index contributed by atoms with van der Waals surface area (Å²) in [5.74, 6) is 1.28. The molecule has 1 aromatic rings. The van der Waals surface area contributed by atoms with Gasteiger partial charge in [-0.1, -0.05) is 30.1 Å². The van der Waals surface area contributed by atoms with Gasteiger partial charge in [-0.2, -0.15) is 0 Å². The number of hydrogen-bond donors (Lipinski definition) is 2. The number of nitrogens with zero attached hydrogens (tertiary/aromatic N) is 1. The number of hydrogen-bond acceptors (Lipinski definition) is 4. The molecule has 0 aliphatic heterocycles. The Morgan fingerprint density at radius 2 is 1.72 bits per heavy atom. The van der Waals surface area contributed by atoms with Gasteiger partial charge in [0.25, 0.3) is 0 Å². The summed E-state index contributed by atoms with van der Waals surface area (Å²) in [6.45, 7) is 6.85. The van der Waals surface area contributed by atoms with Gasteiger partial charge in [-0.05, 0) is 19.4 Å². The van der Waals surface area contributed by atoms with E-state index in [1.165, 1.54) is 0 Å². The van der Waals surface area contributed by atoms with E-state index in [4.69, 9.17) is 27.9 Å². The van der Waals surface area contributed by atoms with Crippen molar-refractivity contribution in [1.29, 1.82) is 0 Å². The predicted octanol–water partition coefficient (Wildman–Crippen LogP) is 3.66. The zero-order chi connectivity index (χ0) is 13.4. The van der Waals surface area contributed by atoms with Crippen molar-refractivity contribution in [1.82, 2.24) is 4.98 Å². The van der Waals surface area contributed by atoms with E-state index in [0.717, 1.165) is 13.0 Å². The molecule has 0 fully saturated rings. The standard InChI is InChI=1S/C12H19Cl2N3O/c1-3-5-15-11-9(13)8-10(14)12(17-11)16-6-7-18-4-2/h8H,3-7H2,1-2H3,(H2,15,16,17). The number of pyridine rings is 1. The average molecular weight is 292 g/mol. The number of rotatable bonds is 8. The van der Waals surface area contributed by atoms with Gasteiger partial charge >= 0.3 is 0 Å². The summed E-state index contributed by atoms with van der Waals surface area (Å²) in [6.07, 6.45) is 1.01. The Balaban J connectivity index is 2.65. The van der Waals surface area contributed by atoms with Crippen LogP contribution in [0.4, 0.5) is 11.6 Å². The van der Waals surface area contributed by atoms with Crippen molar-refractivity contribution >= 4 is 34.8 Å². The molecule has 0 bridgehead atoms. The van der Waals surface area contributed by atoms with Crippen LogP contribution >= 0.6 is 23.2 Å². The molecule has 0 aliphatic rings. The molecule has 0 saturated heterocycles. The smallest absolute Gasteiger partial charge is 0.147 e. The number of nitrogens with one attached hydrogen (secondary N) is 2. The highest BCUT2D eigenvalue weighted by molar-refractivity contribution is 6.37. The average Bonchev–Trinajstić information content (AvgIpc) is 2.35. The fourth-order valence-electron chi connectivity index (χ4n) is 1.34. The van der Waals surface area contributed by atoms with Crippen LogP contribution in [-0.4, -0.2) is 31.3 Å². The number of halogens is 2. The van der Waals surface area contributed by atoms with Gasteiger partial charge in [-0.3, -0.25) is 0 Å².